The third-order valence-corrected chi connectivity index (χ3v) is 5.47. The first kappa shape index (κ1) is 15.1. The van der Waals surface area contributed by atoms with E-state index in [2.05, 4.69) is 19.1 Å². The number of rotatable bonds is 1. The summed E-state index contributed by atoms with van der Waals surface area (Å²) in [4.78, 5) is 0. The molecule has 0 spiro atoms. The van der Waals surface area contributed by atoms with Gasteiger partial charge in [0.05, 0.1) is 0 Å². The molecule has 0 saturated carbocycles. The third kappa shape index (κ3) is 2.04. The lowest BCUT2D eigenvalue weighted by Crippen LogP contribution is -2.34. The highest BCUT2D eigenvalue weighted by Gasteiger charge is 2.38. The van der Waals surface area contributed by atoms with E-state index < -0.39 is 5.60 Å². The second kappa shape index (κ2) is 5.04. The fourth-order valence-electron chi connectivity index (χ4n) is 3.66. The number of phenolic OH excluding ortho intramolecular Hbond substituents is 1. The first-order chi connectivity index (χ1) is 11.4. The number of fused-ring (bicyclic) bond motifs is 2. The Hall–Kier alpha value is -2.42. The Morgan fingerprint density at radius 2 is 1.79 bits per heavy atom. The van der Waals surface area contributed by atoms with Crippen molar-refractivity contribution in [2.45, 2.75) is 46.1 Å². The Morgan fingerprint density at radius 3 is 2.54 bits per heavy atom. The van der Waals surface area contributed by atoms with E-state index in [0.29, 0.717) is 5.75 Å². The van der Waals surface area contributed by atoms with Crippen molar-refractivity contribution in [3.63, 3.8) is 0 Å². The number of furan rings is 1. The largest absolute Gasteiger partial charge is 0.507 e. The highest BCUT2D eigenvalue weighted by atomic mass is 16.5. The monoisotopic (exact) mass is 322 g/mol. The van der Waals surface area contributed by atoms with Crippen molar-refractivity contribution in [1.82, 2.24) is 0 Å². The first-order valence-electron chi connectivity index (χ1n) is 8.40. The van der Waals surface area contributed by atoms with E-state index in [1.165, 1.54) is 0 Å². The normalized spacial score (nSPS) is 20.0. The summed E-state index contributed by atoms with van der Waals surface area (Å²) >= 11 is 0. The summed E-state index contributed by atoms with van der Waals surface area (Å²) in [5.41, 5.74) is 4.34. The number of benzene rings is 2. The van der Waals surface area contributed by atoms with E-state index in [4.69, 9.17) is 9.15 Å². The maximum Gasteiger partial charge on any atom is 0.164 e. The molecule has 2 aromatic carbocycles. The molecule has 0 bridgehead atoms. The minimum absolute atomic E-state index is 0.391. The Labute approximate surface area is 141 Å². The van der Waals surface area contributed by atoms with E-state index in [1.54, 1.807) is 0 Å². The zero-order valence-electron chi connectivity index (χ0n) is 14.6. The molecule has 0 aliphatic carbocycles. The van der Waals surface area contributed by atoms with Crippen molar-refractivity contribution in [2.75, 3.05) is 0 Å². The Kier molecular flexibility index (Phi) is 3.17. The maximum atomic E-state index is 10.3. The molecule has 1 aliphatic rings. The predicted octanol–water partition coefficient (Wildman–Crippen LogP) is 5.30. The number of hydrogen-bond donors (Lipinski definition) is 1. The molecule has 0 fully saturated rings. The van der Waals surface area contributed by atoms with Crippen molar-refractivity contribution < 1.29 is 14.3 Å². The molecule has 3 aromatic rings. The lowest BCUT2D eigenvalue weighted by atomic mass is 9.86. The van der Waals surface area contributed by atoms with E-state index in [-0.39, 0.29) is 0 Å². The number of hydrogen-bond acceptors (Lipinski definition) is 3. The second-order valence-electron chi connectivity index (χ2n) is 7.01. The molecule has 124 valence electrons. The van der Waals surface area contributed by atoms with Crippen LogP contribution in [0, 0.1) is 20.8 Å². The van der Waals surface area contributed by atoms with Crippen molar-refractivity contribution >= 4 is 11.0 Å². The van der Waals surface area contributed by atoms with Gasteiger partial charge in [0, 0.05) is 10.9 Å². The highest BCUT2D eigenvalue weighted by Crippen LogP contribution is 2.46. The maximum absolute atomic E-state index is 10.3. The average Bonchev–Trinajstić information content (AvgIpc) is 3.03. The van der Waals surface area contributed by atoms with Crippen LogP contribution in [0.5, 0.6) is 11.5 Å². The average molecular weight is 322 g/mol. The van der Waals surface area contributed by atoms with E-state index in [0.717, 1.165) is 57.6 Å². The number of ether oxygens (including phenoxy) is 1. The van der Waals surface area contributed by atoms with E-state index in [9.17, 15) is 5.11 Å². The van der Waals surface area contributed by atoms with Crippen LogP contribution in [0.25, 0.3) is 11.0 Å². The molecule has 24 heavy (non-hydrogen) atoms. The molecule has 1 unspecified atom stereocenters. The van der Waals surface area contributed by atoms with Crippen LogP contribution >= 0.6 is 0 Å². The zero-order chi connectivity index (χ0) is 17.1. The Balaban J connectivity index is 1.83. The third-order valence-electron chi connectivity index (χ3n) is 5.47. The smallest absolute Gasteiger partial charge is 0.164 e. The van der Waals surface area contributed by atoms with Gasteiger partial charge in [0.2, 0.25) is 0 Å². The van der Waals surface area contributed by atoms with Crippen LogP contribution < -0.4 is 4.74 Å². The van der Waals surface area contributed by atoms with Crippen LogP contribution in [-0.4, -0.2) is 5.11 Å². The zero-order valence-corrected chi connectivity index (χ0v) is 14.6. The van der Waals surface area contributed by atoms with Gasteiger partial charge in [-0.1, -0.05) is 18.2 Å². The van der Waals surface area contributed by atoms with Crippen molar-refractivity contribution in [3.8, 4) is 11.5 Å². The molecule has 1 aliphatic heterocycles. The summed E-state index contributed by atoms with van der Waals surface area (Å²) in [6.07, 6.45) is 1.69. The molecule has 1 atom stereocenters. The van der Waals surface area contributed by atoms with Gasteiger partial charge in [-0.05, 0) is 69.4 Å². The predicted molar refractivity (Wildman–Crippen MR) is 94.8 cm³/mol. The minimum atomic E-state index is -0.493. The minimum Gasteiger partial charge on any atom is -0.507 e. The fourth-order valence-corrected chi connectivity index (χ4v) is 3.66. The van der Waals surface area contributed by atoms with Crippen LogP contribution in [0.2, 0.25) is 0 Å². The molecule has 0 radical (unpaired) electrons. The molecule has 4 rings (SSSR count). The summed E-state index contributed by atoms with van der Waals surface area (Å²) in [5, 5.41) is 11.4. The molecule has 0 saturated heterocycles. The molecule has 0 amide bonds. The summed E-state index contributed by atoms with van der Waals surface area (Å²) in [6.45, 7) is 8.00. The van der Waals surface area contributed by atoms with Gasteiger partial charge in [0.25, 0.3) is 0 Å². The molecule has 3 nitrogen and oxygen atoms in total. The SMILES string of the molecule is Cc1c(C)c2c(c(C)c1O)CCC(C)(c1cc3ccccc3o1)O2. The van der Waals surface area contributed by atoms with Gasteiger partial charge in [-0.25, -0.2) is 0 Å². The number of para-hydroxylation sites is 1. The van der Waals surface area contributed by atoms with Crippen molar-refractivity contribution in [3.05, 3.63) is 58.3 Å². The van der Waals surface area contributed by atoms with Crippen molar-refractivity contribution in [1.29, 1.82) is 0 Å². The van der Waals surface area contributed by atoms with Crippen LogP contribution in [-0.2, 0) is 12.0 Å². The molecular formula is C21H22O3. The molecule has 2 heterocycles. The van der Waals surface area contributed by atoms with Gasteiger partial charge < -0.3 is 14.3 Å². The van der Waals surface area contributed by atoms with Gasteiger partial charge in [-0.3, -0.25) is 0 Å². The van der Waals surface area contributed by atoms with Gasteiger partial charge in [0.1, 0.15) is 22.8 Å². The lowest BCUT2D eigenvalue weighted by Gasteiger charge is -2.36. The first-order valence-corrected chi connectivity index (χ1v) is 8.40. The van der Waals surface area contributed by atoms with E-state index >= 15 is 0 Å². The quantitative estimate of drug-likeness (QED) is 0.660. The van der Waals surface area contributed by atoms with Gasteiger partial charge in [-0.2, -0.15) is 0 Å². The number of aromatic hydroxyl groups is 1. The second-order valence-corrected chi connectivity index (χ2v) is 7.01. The molecular weight excluding hydrogens is 300 g/mol. The van der Waals surface area contributed by atoms with Crippen molar-refractivity contribution in [2.24, 2.45) is 0 Å². The van der Waals surface area contributed by atoms with Crippen LogP contribution in [0.3, 0.4) is 0 Å². The van der Waals surface area contributed by atoms with E-state index in [1.807, 2.05) is 39.0 Å². The van der Waals surface area contributed by atoms with Crippen LogP contribution in [0.1, 0.15) is 41.4 Å². The summed E-state index contributed by atoms with van der Waals surface area (Å²) in [5.74, 6) is 2.15. The Morgan fingerprint density at radius 1 is 1.04 bits per heavy atom. The fraction of sp³-hybridized carbons (Fsp3) is 0.333. The summed E-state index contributed by atoms with van der Waals surface area (Å²) < 4.78 is 12.6. The lowest BCUT2D eigenvalue weighted by molar-refractivity contribution is 0.0405. The Bertz CT molecular complexity index is 918. The topological polar surface area (TPSA) is 42.6 Å². The van der Waals surface area contributed by atoms with Gasteiger partial charge >= 0.3 is 0 Å². The van der Waals surface area contributed by atoms with Crippen LogP contribution in [0.4, 0.5) is 0 Å². The van der Waals surface area contributed by atoms with Crippen LogP contribution in [0.15, 0.2) is 34.7 Å². The standard InChI is InChI=1S/C21H22O3/c1-12-13(2)20-16(14(3)19(12)22)9-10-21(4,24-20)18-11-15-7-5-6-8-17(15)23-18/h5-8,11,22H,9-10H2,1-4H3. The summed E-state index contributed by atoms with van der Waals surface area (Å²) in [7, 11) is 0. The van der Waals surface area contributed by atoms with Gasteiger partial charge in [0.15, 0.2) is 5.60 Å². The number of phenols is 1. The highest BCUT2D eigenvalue weighted by molar-refractivity contribution is 5.78. The van der Waals surface area contributed by atoms with Gasteiger partial charge in [-0.15, -0.1) is 0 Å². The summed E-state index contributed by atoms with van der Waals surface area (Å²) in [6, 6.07) is 10.1. The molecule has 3 heteroatoms. The molecule has 1 N–H and O–H groups in total. The molecule has 1 aromatic heterocycles.